The summed E-state index contributed by atoms with van der Waals surface area (Å²) in [6.07, 6.45) is 22.8. The molecule has 28 heavy (non-hydrogen) atoms. The topological polar surface area (TPSA) is 14.1 Å². The summed E-state index contributed by atoms with van der Waals surface area (Å²) in [6.45, 7) is 3.81. The average Bonchev–Trinajstić information content (AvgIpc) is 3.48. The summed E-state index contributed by atoms with van der Waals surface area (Å²) >= 11 is 0. The molecule has 140 valence electrons. The molecule has 0 amide bonds. The van der Waals surface area contributed by atoms with Crippen molar-refractivity contribution in [3.63, 3.8) is 0 Å². The smallest absolute Gasteiger partial charge is 0 e. The van der Waals surface area contributed by atoms with Crippen LogP contribution in [0.25, 0.3) is 5.32 Å². The summed E-state index contributed by atoms with van der Waals surface area (Å²) in [5.41, 5.74) is 2.25. The van der Waals surface area contributed by atoms with Crippen molar-refractivity contribution in [3.05, 3.63) is 148 Å². The SMILES string of the molecule is C=CCC([N-]c1ccccc1)c1ccccc1.[CH]1[CH][CH][CH][CH]1.[CH]1[CH][CH][CH][CH]1.[Ti]. The zero-order valence-corrected chi connectivity index (χ0v) is 17.6. The summed E-state index contributed by atoms with van der Waals surface area (Å²) in [6, 6.07) is 20.6. The Morgan fingerprint density at radius 2 is 1.04 bits per heavy atom. The fraction of sp³-hybridized carbons (Fsp3) is 0.0769. The van der Waals surface area contributed by atoms with E-state index in [0.717, 1.165) is 12.1 Å². The van der Waals surface area contributed by atoms with Gasteiger partial charge in [0.05, 0.1) is 0 Å². The van der Waals surface area contributed by atoms with E-state index in [4.69, 9.17) is 5.32 Å². The molecule has 1 nitrogen and oxygen atoms in total. The molecule has 0 spiro atoms. The minimum atomic E-state index is 0. The van der Waals surface area contributed by atoms with Crippen LogP contribution in [-0.4, -0.2) is 0 Å². The maximum atomic E-state index is 4.75. The van der Waals surface area contributed by atoms with Gasteiger partial charge in [-0.2, -0.15) is 0 Å². The Labute approximate surface area is 187 Å². The number of benzene rings is 2. The van der Waals surface area contributed by atoms with E-state index < -0.39 is 0 Å². The molecular weight excluding hydrogens is 374 g/mol. The number of hydrogen-bond donors (Lipinski definition) is 0. The Balaban J connectivity index is 0.000000290. The summed E-state index contributed by atoms with van der Waals surface area (Å²) in [5, 5.41) is 4.75. The van der Waals surface area contributed by atoms with E-state index in [9.17, 15) is 0 Å². The van der Waals surface area contributed by atoms with Gasteiger partial charge in [-0.3, -0.25) is 0 Å². The normalized spacial score (nSPS) is 15.7. The molecule has 2 aliphatic carbocycles. The van der Waals surface area contributed by atoms with E-state index in [1.807, 2.05) is 119 Å². The Kier molecular flexibility index (Phi) is 14.7. The number of para-hydroxylation sites is 1. The van der Waals surface area contributed by atoms with E-state index >= 15 is 0 Å². The molecule has 2 aliphatic rings. The van der Waals surface area contributed by atoms with Gasteiger partial charge in [0.1, 0.15) is 0 Å². The molecule has 2 fully saturated rings. The van der Waals surface area contributed by atoms with Crippen LogP contribution < -0.4 is 0 Å². The molecule has 4 rings (SSSR count). The first-order valence-corrected chi connectivity index (χ1v) is 9.15. The average molecular weight is 400 g/mol. The van der Waals surface area contributed by atoms with Crippen LogP contribution in [0.15, 0.2) is 73.3 Å². The second-order valence-corrected chi connectivity index (χ2v) is 5.84. The van der Waals surface area contributed by atoms with Crippen molar-refractivity contribution in [2.45, 2.75) is 12.5 Å². The molecule has 2 aromatic carbocycles. The molecule has 2 aromatic rings. The molecule has 1 atom stereocenters. The van der Waals surface area contributed by atoms with Gasteiger partial charge in [0.15, 0.2) is 0 Å². The third-order valence-electron chi connectivity index (χ3n) is 3.75. The van der Waals surface area contributed by atoms with Gasteiger partial charge in [-0.1, -0.05) is 78.3 Å². The standard InChI is InChI=1S/C16H16N.2C5H5.Ti/c1-2-9-16(14-10-5-3-6-11-14)17-15-12-7-4-8-13-15;2*1-2-4-5-3-1;/h2-8,10-13,16H,1,9H2;2*1-5H;/q-1;;;. The third kappa shape index (κ3) is 10.9. The quantitative estimate of drug-likeness (QED) is 0.377. The molecule has 2 saturated carbocycles. The van der Waals surface area contributed by atoms with Crippen LogP contribution in [0.4, 0.5) is 5.69 Å². The molecule has 0 bridgehead atoms. The Hall–Kier alpha value is -1.31. The summed E-state index contributed by atoms with van der Waals surface area (Å²) in [5.74, 6) is 0. The molecule has 0 aromatic heterocycles. The minimum Gasteiger partial charge on any atom is -0.678 e. The molecule has 0 saturated heterocycles. The fourth-order valence-corrected chi connectivity index (χ4v) is 2.43. The van der Waals surface area contributed by atoms with Crippen molar-refractivity contribution in [1.29, 1.82) is 0 Å². The first-order valence-electron chi connectivity index (χ1n) is 9.15. The van der Waals surface area contributed by atoms with Crippen molar-refractivity contribution < 1.29 is 21.7 Å². The predicted octanol–water partition coefficient (Wildman–Crippen LogP) is 7.05. The second kappa shape index (κ2) is 16.6. The summed E-state index contributed by atoms with van der Waals surface area (Å²) < 4.78 is 0. The van der Waals surface area contributed by atoms with Gasteiger partial charge in [-0.05, 0) is 70.6 Å². The van der Waals surface area contributed by atoms with Gasteiger partial charge in [0.2, 0.25) is 0 Å². The monoisotopic (exact) mass is 400 g/mol. The Morgan fingerprint density at radius 1 is 0.643 bits per heavy atom. The van der Waals surface area contributed by atoms with Crippen molar-refractivity contribution in [3.8, 4) is 0 Å². The fourth-order valence-electron chi connectivity index (χ4n) is 2.43. The molecular formula is C26H26NTi-. The molecule has 0 aliphatic heterocycles. The second-order valence-electron chi connectivity index (χ2n) is 5.84. The van der Waals surface area contributed by atoms with Crippen LogP contribution in [-0.2, 0) is 21.7 Å². The first kappa shape index (κ1) is 24.7. The van der Waals surface area contributed by atoms with Crippen molar-refractivity contribution in [2.75, 3.05) is 0 Å². The van der Waals surface area contributed by atoms with Crippen molar-refractivity contribution in [2.24, 2.45) is 0 Å². The maximum absolute atomic E-state index is 4.75. The van der Waals surface area contributed by atoms with Crippen LogP contribution in [0, 0.1) is 64.2 Å². The maximum Gasteiger partial charge on any atom is 0 e. The van der Waals surface area contributed by atoms with Crippen LogP contribution in [0.1, 0.15) is 18.0 Å². The van der Waals surface area contributed by atoms with Gasteiger partial charge >= 0.3 is 0 Å². The number of rotatable bonds is 5. The van der Waals surface area contributed by atoms with Crippen LogP contribution >= 0.6 is 0 Å². The molecule has 0 heterocycles. The largest absolute Gasteiger partial charge is 0.678 e. The van der Waals surface area contributed by atoms with E-state index in [0.29, 0.717) is 0 Å². The first-order chi connectivity index (χ1) is 13.4. The third-order valence-corrected chi connectivity index (χ3v) is 3.75. The summed E-state index contributed by atoms with van der Waals surface area (Å²) in [7, 11) is 0. The molecule has 2 heteroatoms. The van der Waals surface area contributed by atoms with Gasteiger partial charge < -0.3 is 5.32 Å². The molecule has 0 N–H and O–H groups in total. The minimum absolute atomic E-state index is 0. The van der Waals surface area contributed by atoms with Crippen LogP contribution in [0.2, 0.25) is 0 Å². The van der Waals surface area contributed by atoms with E-state index in [1.54, 1.807) is 0 Å². The van der Waals surface area contributed by atoms with Gasteiger partial charge in [-0.15, -0.1) is 12.3 Å². The predicted molar refractivity (Wildman–Crippen MR) is 116 cm³/mol. The zero-order valence-electron chi connectivity index (χ0n) is 16.1. The van der Waals surface area contributed by atoms with E-state index in [-0.39, 0.29) is 27.8 Å². The van der Waals surface area contributed by atoms with Crippen molar-refractivity contribution in [1.82, 2.24) is 0 Å². The van der Waals surface area contributed by atoms with Gasteiger partial charge in [0, 0.05) is 21.7 Å². The van der Waals surface area contributed by atoms with Gasteiger partial charge in [-0.25, -0.2) is 0 Å². The Morgan fingerprint density at radius 3 is 1.43 bits per heavy atom. The van der Waals surface area contributed by atoms with Crippen molar-refractivity contribution >= 4 is 5.69 Å². The zero-order chi connectivity index (χ0) is 19.0. The van der Waals surface area contributed by atoms with Crippen LogP contribution in [0.3, 0.4) is 0 Å². The summed E-state index contributed by atoms with van der Waals surface area (Å²) in [4.78, 5) is 0. The molecule has 1 unspecified atom stereocenters. The van der Waals surface area contributed by atoms with E-state index in [2.05, 4.69) is 18.7 Å². The van der Waals surface area contributed by atoms with E-state index in [1.165, 1.54) is 5.56 Å². The van der Waals surface area contributed by atoms with Crippen LogP contribution in [0.5, 0.6) is 0 Å². The Bertz CT molecular complexity index is 563. The van der Waals surface area contributed by atoms with Gasteiger partial charge in [0.25, 0.3) is 0 Å². The number of hydrogen-bond acceptors (Lipinski definition) is 0. The molecule has 10 radical (unpaired) electrons. The number of nitrogens with zero attached hydrogens (tertiary/aromatic N) is 1.